The van der Waals surface area contributed by atoms with Gasteiger partial charge in [0.15, 0.2) is 0 Å². The first-order valence-corrected chi connectivity index (χ1v) is 12.8. The van der Waals surface area contributed by atoms with Gasteiger partial charge in [0.05, 0.1) is 17.1 Å². The van der Waals surface area contributed by atoms with Gasteiger partial charge >= 0.3 is 0 Å². The first-order valence-electron chi connectivity index (χ1n) is 10.2. The van der Waals surface area contributed by atoms with Crippen LogP contribution in [0.2, 0.25) is 0 Å². The third-order valence-corrected chi connectivity index (χ3v) is 8.98. The third kappa shape index (κ3) is 4.44. The number of rotatable bonds is 6. The zero-order valence-electron chi connectivity index (χ0n) is 16.2. The molecule has 0 spiro atoms. The molecule has 0 radical (unpaired) electrons. The van der Waals surface area contributed by atoms with Crippen LogP contribution in [0.3, 0.4) is 0 Å². The highest BCUT2D eigenvalue weighted by molar-refractivity contribution is 7.99. The van der Waals surface area contributed by atoms with Crippen molar-refractivity contribution in [3.8, 4) is 0 Å². The highest BCUT2D eigenvalue weighted by Gasteiger charge is 2.34. The van der Waals surface area contributed by atoms with E-state index in [0.29, 0.717) is 17.4 Å². The Morgan fingerprint density at radius 1 is 1.00 bits per heavy atom. The molecule has 1 atom stereocenters. The van der Waals surface area contributed by atoms with Gasteiger partial charge in [-0.15, -0.1) is 0 Å². The van der Waals surface area contributed by atoms with Crippen molar-refractivity contribution in [2.75, 3.05) is 11.5 Å². The summed E-state index contributed by atoms with van der Waals surface area (Å²) in [5.41, 5.74) is 2.08. The zero-order valence-corrected chi connectivity index (χ0v) is 17.8. The summed E-state index contributed by atoms with van der Waals surface area (Å²) in [5.74, 6) is 2.45. The molecule has 150 valence electrons. The van der Waals surface area contributed by atoms with Crippen molar-refractivity contribution < 1.29 is 8.42 Å². The van der Waals surface area contributed by atoms with E-state index in [0.717, 1.165) is 23.6 Å². The van der Waals surface area contributed by atoms with Gasteiger partial charge in [-0.05, 0) is 60.8 Å². The lowest BCUT2D eigenvalue weighted by Crippen LogP contribution is -2.40. The van der Waals surface area contributed by atoms with E-state index in [1.807, 2.05) is 54.2 Å². The normalized spacial score (nSPS) is 21.2. The lowest BCUT2D eigenvalue weighted by atomic mass is 9.84. The van der Waals surface area contributed by atoms with Gasteiger partial charge in [0, 0.05) is 18.0 Å². The molecule has 1 aliphatic carbocycles. The fourth-order valence-electron chi connectivity index (χ4n) is 4.29. The molecule has 1 saturated carbocycles. The van der Waals surface area contributed by atoms with Crippen molar-refractivity contribution in [1.29, 1.82) is 0 Å². The zero-order chi connectivity index (χ0) is 19.4. The minimum Gasteiger partial charge on any atom is -0.260 e. The molecule has 0 amide bonds. The lowest BCUT2D eigenvalue weighted by Gasteiger charge is -2.28. The minimum absolute atomic E-state index is 0.0371. The maximum atomic E-state index is 13.5. The lowest BCUT2D eigenvalue weighted by molar-refractivity contribution is 0.331. The molecule has 2 fully saturated rings. The summed E-state index contributed by atoms with van der Waals surface area (Å²) >= 11 is 1.83. The molecule has 4 nitrogen and oxygen atoms in total. The Morgan fingerprint density at radius 2 is 1.79 bits per heavy atom. The van der Waals surface area contributed by atoms with Crippen LogP contribution >= 0.6 is 11.8 Å². The van der Waals surface area contributed by atoms with Crippen molar-refractivity contribution in [2.45, 2.75) is 61.9 Å². The maximum Gasteiger partial charge on any atom is 0.243 e. The molecular formula is C22H28N2O2S2. The molecule has 2 aliphatic rings. The van der Waals surface area contributed by atoms with Gasteiger partial charge in [-0.25, -0.2) is 8.42 Å². The molecule has 0 bridgehead atoms. The Labute approximate surface area is 172 Å². The Kier molecular flexibility index (Phi) is 6.38. The number of hydrogen-bond acceptors (Lipinski definition) is 4. The van der Waals surface area contributed by atoms with E-state index >= 15 is 0 Å². The molecular weight excluding hydrogens is 388 g/mol. The van der Waals surface area contributed by atoms with Gasteiger partial charge in [0.2, 0.25) is 10.0 Å². The van der Waals surface area contributed by atoms with Gasteiger partial charge in [0.25, 0.3) is 0 Å². The summed E-state index contributed by atoms with van der Waals surface area (Å²) in [4.78, 5) is 4.76. The van der Waals surface area contributed by atoms with Crippen LogP contribution in [0.4, 0.5) is 0 Å². The first kappa shape index (κ1) is 19.9. The number of benzene rings is 1. The second-order valence-corrected chi connectivity index (χ2v) is 10.8. The second-order valence-electron chi connectivity index (χ2n) is 7.79. The van der Waals surface area contributed by atoms with Crippen molar-refractivity contribution >= 4 is 21.8 Å². The monoisotopic (exact) mass is 416 g/mol. The molecule has 1 aromatic carbocycles. The highest BCUT2D eigenvalue weighted by atomic mass is 32.2. The maximum absolute atomic E-state index is 13.5. The Bertz CT molecular complexity index is 857. The summed E-state index contributed by atoms with van der Waals surface area (Å²) in [6.07, 6.45) is 8.95. The fourth-order valence-corrected chi connectivity index (χ4v) is 7.24. The van der Waals surface area contributed by atoms with Gasteiger partial charge < -0.3 is 0 Å². The molecule has 1 aliphatic heterocycles. The SMILES string of the molecule is O=S(=O)(c1ccc(C2CCCCC2)cc1)N(Cc1ccccn1)C1CCSC1. The van der Waals surface area contributed by atoms with E-state index in [2.05, 4.69) is 4.98 Å². The predicted molar refractivity (Wildman–Crippen MR) is 115 cm³/mol. The highest BCUT2D eigenvalue weighted by Crippen LogP contribution is 2.34. The summed E-state index contributed by atoms with van der Waals surface area (Å²) in [6, 6.07) is 13.4. The van der Waals surface area contributed by atoms with Crippen LogP contribution in [0.1, 0.15) is 55.7 Å². The quantitative estimate of drug-likeness (QED) is 0.677. The predicted octanol–water partition coefficient (Wildman–Crippen LogP) is 4.83. The molecule has 2 aromatic rings. The van der Waals surface area contributed by atoms with Gasteiger partial charge in [-0.2, -0.15) is 16.1 Å². The van der Waals surface area contributed by atoms with Gasteiger partial charge in [-0.3, -0.25) is 4.98 Å². The summed E-state index contributed by atoms with van der Waals surface area (Å²) in [5, 5.41) is 0. The van der Waals surface area contributed by atoms with E-state index in [1.165, 1.54) is 37.7 Å². The van der Waals surface area contributed by atoms with Crippen LogP contribution < -0.4 is 0 Å². The van der Waals surface area contributed by atoms with E-state index in [-0.39, 0.29) is 6.04 Å². The molecule has 1 aromatic heterocycles. The van der Waals surface area contributed by atoms with Crippen LogP contribution in [0, 0.1) is 0 Å². The van der Waals surface area contributed by atoms with Crippen molar-refractivity contribution in [2.24, 2.45) is 0 Å². The summed E-state index contributed by atoms with van der Waals surface area (Å²) in [7, 11) is -3.55. The molecule has 28 heavy (non-hydrogen) atoms. The molecule has 1 unspecified atom stereocenters. The van der Waals surface area contributed by atoms with E-state index in [9.17, 15) is 8.42 Å². The molecule has 0 N–H and O–H groups in total. The van der Waals surface area contributed by atoms with Gasteiger partial charge in [-0.1, -0.05) is 37.5 Å². The molecule has 2 heterocycles. The summed E-state index contributed by atoms with van der Waals surface area (Å²) in [6.45, 7) is 0.332. The Hall–Kier alpha value is -1.37. The summed E-state index contributed by atoms with van der Waals surface area (Å²) < 4.78 is 28.7. The third-order valence-electron chi connectivity index (χ3n) is 5.92. The van der Waals surface area contributed by atoms with E-state index < -0.39 is 10.0 Å². The molecule has 6 heteroatoms. The molecule has 1 saturated heterocycles. The Balaban J connectivity index is 1.59. The van der Waals surface area contributed by atoms with E-state index in [1.54, 1.807) is 10.5 Å². The van der Waals surface area contributed by atoms with Crippen LogP contribution in [0.15, 0.2) is 53.6 Å². The van der Waals surface area contributed by atoms with Gasteiger partial charge in [0.1, 0.15) is 0 Å². The minimum atomic E-state index is -3.55. The first-order chi connectivity index (χ1) is 13.6. The standard InChI is InChI=1S/C22H28N2O2S2/c25-28(26,22-11-9-19(10-12-22)18-6-2-1-3-7-18)24(21-13-15-27-17-21)16-20-8-4-5-14-23-20/h4-5,8-12,14,18,21H,1-3,6-7,13,15-17H2. The van der Waals surface area contributed by atoms with Crippen LogP contribution in [-0.2, 0) is 16.6 Å². The largest absolute Gasteiger partial charge is 0.260 e. The average molecular weight is 417 g/mol. The smallest absolute Gasteiger partial charge is 0.243 e. The number of nitrogens with zero attached hydrogens (tertiary/aromatic N) is 2. The van der Waals surface area contributed by atoms with E-state index in [4.69, 9.17) is 0 Å². The fraction of sp³-hybridized carbons (Fsp3) is 0.500. The Morgan fingerprint density at radius 3 is 2.43 bits per heavy atom. The number of pyridine rings is 1. The topological polar surface area (TPSA) is 50.3 Å². The number of thioether (sulfide) groups is 1. The number of hydrogen-bond donors (Lipinski definition) is 0. The van der Waals surface area contributed by atoms with Crippen LogP contribution in [0.25, 0.3) is 0 Å². The molecule has 4 rings (SSSR count). The average Bonchev–Trinajstić information content (AvgIpc) is 3.28. The van der Waals surface area contributed by atoms with Crippen molar-refractivity contribution in [1.82, 2.24) is 9.29 Å². The van der Waals surface area contributed by atoms with Crippen LogP contribution in [-0.4, -0.2) is 35.3 Å². The number of sulfonamides is 1. The number of aromatic nitrogens is 1. The van der Waals surface area contributed by atoms with Crippen LogP contribution in [0.5, 0.6) is 0 Å². The van der Waals surface area contributed by atoms with Crippen molar-refractivity contribution in [3.05, 3.63) is 59.9 Å². The van der Waals surface area contributed by atoms with Crippen molar-refractivity contribution in [3.63, 3.8) is 0 Å². The second kappa shape index (κ2) is 8.97.